The zero-order chi connectivity index (χ0) is 36.5. The summed E-state index contributed by atoms with van der Waals surface area (Å²) in [5.74, 6) is 0.0154. The smallest absolute Gasteiger partial charge is 0.307 e. The van der Waals surface area contributed by atoms with Crippen LogP contribution in [0.4, 0.5) is 5.69 Å². The molecule has 2 aliphatic heterocycles. The highest BCUT2D eigenvalue weighted by atomic mass is 16.4. The fraction of sp³-hybridized carbons (Fsp3) is 0.386. The number of hydrogen-bond acceptors (Lipinski definition) is 6. The van der Waals surface area contributed by atoms with Crippen molar-refractivity contribution in [2.24, 2.45) is 11.8 Å². The van der Waals surface area contributed by atoms with Gasteiger partial charge in [-0.05, 0) is 126 Å². The lowest BCUT2D eigenvalue weighted by molar-refractivity contribution is -0.141. The van der Waals surface area contributed by atoms with Gasteiger partial charge in [0.05, 0.1) is 12.0 Å². The third kappa shape index (κ3) is 7.89. The Morgan fingerprint density at radius 3 is 2.27 bits per heavy atom. The van der Waals surface area contributed by atoms with Gasteiger partial charge in [0.1, 0.15) is 5.69 Å². The highest BCUT2D eigenvalue weighted by Crippen LogP contribution is 2.49. The molecule has 1 saturated carbocycles. The molecule has 0 spiro atoms. The van der Waals surface area contributed by atoms with Crippen molar-refractivity contribution in [3.63, 3.8) is 0 Å². The number of pyridine rings is 1. The highest BCUT2D eigenvalue weighted by Gasteiger charge is 2.36. The lowest BCUT2D eigenvalue weighted by Gasteiger charge is -2.19. The molecule has 0 radical (unpaired) electrons. The van der Waals surface area contributed by atoms with Gasteiger partial charge in [0, 0.05) is 44.6 Å². The molecule has 52 heavy (non-hydrogen) atoms. The van der Waals surface area contributed by atoms with Crippen molar-refractivity contribution in [1.82, 2.24) is 14.8 Å². The van der Waals surface area contributed by atoms with Crippen LogP contribution >= 0.6 is 0 Å². The Hall–Kier alpha value is -4.63. The number of nitrogens with zero attached hydrogens (tertiary/aromatic N) is 3. The van der Waals surface area contributed by atoms with Crippen molar-refractivity contribution >= 4 is 29.7 Å². The van der Waals surface area contributed by atoms with Crippen LogP contribution in [0.15, 0.2) is 66.9 Å². The van der Waals surface area contributed by atoms with Crippen LogP contribution < -0.4 is 5.32 Å². The first kappa shape index (κ1) is 35.8. The van der Waals surface area contributed by atoms with Gasteiger partial charge < -0.3 is 15.5 Å². The third-order valence-corrected chi connectivity index (χ3v) is 11.5. The van der Waals surface area contributed by atoms with E-state index in [1.165, 1.54) is 34.2 Å². The van der Waals surface area contributed by atoms with Crippen LogP contribution in [0.3, 0.4) is 0 Å². The van der Waals surface area contributed by atoms with Gasteiger partial charge in [-0.1, -0.05) is 67.6 Å². The number of rotatable bonds is 11. The first-order chi connectivity index (χ1) is 25.0. The minimum absolute atomic E-state index is 0.246. The van der Waals surface area contributed by atoms with Crippen LogP contribution in [0.5, 0.6) is 0 Å². The fourth-order valence-electron chi connectivity index (χ4n) is 8.03. The zero-order valence-corrected chi connectivity index (χ0v) is 30.7. The van der Waals surface area contributed by atoms with Crippen molar-refractivity contribution in [3.05, 3.63) is 117 Å². The van der Waals surface area contributed by atoms with Crippen molar-refractivity contribution in [2.75, 3.05) is 31.5 Å². The van der Waals surface area contributed by atoms with E-state index in [9.17, 15) is 19.8 Å². The topological polar surface area (TPSA) is 106 Å². The summed E-state index contributed by atoms with van der Waals surface area (Å²) in [6.07, 6.45) is 8.68. The second-order valence-electron chi connectivity index (χ2n) is 15.3. The van der Waals surface area contributed by atoms with E-state index in [-0.39, 0.29) is 17.9 Å². The second kappa shape index (κ2) is 15.2. The van der Waals surface area contributed by atoms with Gasteiger partial charge in [-0.3, -0.25) is 24.4 Å². The predicted octanol–water partition coefficient (Wildman–Crippen LogP) is 7.69. The molecule has 0 bridgehead atoms. The number of β-amino-alcohol motifs (C(OH)–C–C–N with tert-alkyl or cyclic N) is 1. The largest absolute Gasteiger partial charge is 0.481 e. The van der Waals surface area contributed by atoms with Gasteiger partial charge in [0.25, 0.3) is 5.91 Å². The minimum Gasteiger partial charge on any atom is -0.481 e. The van der Waals surface area contributed by atoms with E-state index >= 15 is 0 Å². The SMILES string of the molecule is Cc1cc(/C=C/c2cccc(-c3cccc(NC(=O)c4ccc(CN5CC[C@@H](O)C5)cn4)c3C)c2C)c(C2CC2C)cc1CN1CC[C@@H](C(=O)O)C1. The molecule has 1 amide bonds. The Labute approximate surface area is 307 Å². The van der Waals surface area contributed by atoms with Crippen molar-refractivity contribution in [2.45, 2.75) is 72.1 Å². The normalized spacial score (nSPS) is 21.9. The number of aryl methyl sites for hydroxylation is 1. The Morgan fingerprint density at radius 2 is 1.60 bits per heavy atom. The summed E-state index contributed by atoms with van der Waals surface area (Å²) < 4.78 is 0. The molecule has 4 aromatic rings. The number of amides is 1. The minimum atomic E-state index is -0.687. The summed E-state index contributed by atoms with van der Waals surface area (Å²) in [4.78, 5) is 33.7. The number of benzene rings is 3. The zero-order valence-electron chi connectivity index (χ0n) is 30.7. The first-order valence-electron chi connectivity index (χ1n) is 18.7. The molecule has 3 aromatic carbocycles. The van der Waals surface area contributed by atoms with E-state index in [1.807, 2.05) is 25.1 Å². The highest BCUT2D eigenvalue weighted by molar-refractivity contribution is 6.03. The number of aliphatic hydroxyl groups excluding tert-OH is 1. The number of carboxylic acid groups (broad SMARTS) is 1. The third-order valence-electron chi connectivity index (χ3n) is 11.5. The molecule has 8 nitrogen and oxygen atoms in total. The summed E-state index contributed by atoms with van der Waals surface area (Å²) >= 11 is 0. The number of carbonyl (C=O) groups is 2. The van der Waals surface area contributed by atoms with E-state index in [0.717, 1.165) is 66.0 Å². The lowest BCUT2D eigenvalue weighted by Crippen LogP contribution is -2.23. The van der Waals surface area contributed by atoms with E-state index in [4.69, 9.17) is 0 Å². The molecule has 2 saturated heterocycles. The monoisotopic (exact) mass is 698 g/mol. The van der Waals surface area contributed by atoms with Crippen LogP contribution in [-0.4, -0.2) is 69.2 Å². The molecule has 1 aliphatic carbocycles. The van der Waals surface area contributed by atoms with Crippen molar-refractivity contribution < 1.29 is 19.8 Å². The molecule has 3 fully saturated rings. The molecule has 3 N–H and O–H groups in total. The molecular weight excluding hydrogens is 649 g/mol. The van der Waals surface area contributed by atoms with E-state index in [2.05, 4.69) is 89.4 Å². The van der Waals surface area contributed by atoms with Gasteiger partial charge >= 0.3 is 5.97 Å². The summed E-state index contributed by atoms with van der Waals surface area (Å²) in [5, 5.41) is 22.4. The maximum absolute atomic E-state index is 13.3. The Balaban J connectivity index is 1.08. The average molecular weight is 699 g/mol. The Kier molecular flexibility index (Phi) is 10.4. The fourth-order valence-corrected chi connectivity index (χ4v) is 8.03. The predicted molar refractivity (Wildman–Crippen MR) is 207 cm³/mol. The molecule has 4 atom stereocenters. The standard InChI is InChI=1S/C44H50N4O4/c1-27-19-33(40(39-20-28(39)2)21-35(27)25-48-17-15-34(24-48)44(51)52)13-12-32-7-5-8-37(29(32)3)38-9-6-10-41(30(38)4)46-43(50)42-14-11-31(22-45-42)23-47-18-16-36(49)26-47/h5-14,19,21-22,28,34,36,39,49H,15-18,20,23-26H2,1-4H3,(H,46,50)(H,51,52)/b13-12+/t28?,34-,36-,39?/m1/s1. The summed E-state index contributed by atoms with van der Waals surface area (Å²) in [6.45, 7) is 13.2. The molecule has 2 unspecified atom stereocenters. The van der Waals surface area contributed by atoms with Gasteiger partial charge in [-0.25, -0.2) is 0 Å². The second-order valence-corrected chi connectivity index (χ2v) is 15.3. The van der Waals surface area contributed by atoms with Gasteiger partial charge in [-0.15, -0.1) is 0 Å². The van der Waals surface area contributed by atoms with Crippen LogP contribution in [0.1, 0.15) is 87.1 Å². The number of nitrogens with one attached hydrogen (secondary N) is 1. The number of hydrogen-bond donors (Lipinski definition) is 3. The number of carboxylic acids is 1. The van der Waals surface area contributed by atoms with Gasteiger partial charge in [0.15, 0.2) is 0 Å². The van der Waals surface area contributed by atoms with E-state index in [0.29, 0.717) is 37.2 Å². The number of aromatic nitrogens is 1. The molecule has 3 aliphatic rings. The summed E-state index contributed by atoms with van der Waals surface area (Å²) in [6, 6.07) is 20.8. The van der Waals surface area contributed by atoms with Crippen LogP contribution in [0.2, 0.25) is 0 Å². The molecule has 7 rings (SSSR count). The van der Waals surface area contributed by atoms with Crippen LogP contribution in [0, 0.1) is 32.6 Å². The molecule has 3 heterocycles. The Morgan fingerprint density at radius 1 is 0.885 bits per heavy atom. The number of carbonyl (C=O) groups excluding carboxylic acids is 1. The molecular formula is C44H50N4O4. The summed E-state index contributed by atoms with van der Waals surface area (Å²) in [5.41, 5.74) is 12.8. The molecule has 270 valence electrons. The van der Waals surface area contributed by atoms with Crippen molar-refractivity contribution in [3.8, 4) is 11.1 Å². The number of likely N-dealkylation sites (tertiary alicyclic amines) is 2. The number of anilines is 1. The number of aliphatic carboxylic acids is 1. The first-order valence-corrected chi connectivity index (χ1v) is 18.7. The quantitative estimate of drug-likeness (QED) is 0.138. The van der Waals surface area contributed by atoms with Gasteiger partial charge in [-0.2, -0.15) is 0 Å². The average Bonchev–Trinajstić information content (AvgIpc) is 3.43. The van der Waals surface area contributed by atoms with Crippen molar-refractivity contribution in [1.29, 1.82) is 0 Å². The maximum Gasteiger partial charge on any atom is 0.307 e. The number of aliphatic hydroxyl groups is 1. The Bertz CT molecular complexity index is 2000. The van der Waals surface area contributed by atoms with Crippen LogP contribution in [0.25, 0.3) is 23.3 Å². The lowest BCUT2D eigenvalue weighted by atomic mass is 9.91. The summed E-state index contributed by atoms with van der Waals surface area (Å²) in [7, 11) is 0. The van der Waals surface area contributed by atoms with E-state index < -0.39 is 5.97 Å². The maximum atomic E-state index is 13.3. The van der Waals surface area contributed by atoms with Crippen LogP contribution in [-0.2, 0) is 17.9 Å². The molecule has 1 aromatic heterocycles. The van der Waals surface area contributed by atoms with E-state index in [1.54, 1.807) is 12.3 Å². The molecule has 8 heteroatoms. The van der Waals surface area contributed by atoms with Gasteiger partial charge in [0.2, 0.25) is 0 Å².